The minimum Gasteiger partial charge on any atom is -0.381 e. The number of amides is 2. The molecule has 1 fully saturated rings. The van der Waals surface area contributed by atoms with Crippen molar-refractivity contribution in [3.05, 3.63) is 27.8 Å². The fourth-order valence-corrected chi connectivity index (χ4v) is 1.98. The summed E-state index contributed by atoms with van der Waals surface area (Å²) in [7, 11) is 0. The second kappa shape index (κ2) is 7.69. The highest BCUT2D eigenvalue weighted by Crippen LogP contribution is 2.28. The third kappa shape index (κ3) is 6.24. The van der Waals surface area contributed by atoms with Crippen molar-refractivity contribution >= 4 is 34.3 Å². The molecule has 0 atom stereocenters. The predicted octanol–water partition coefficient (Wildman–Crippen LogP) is 3.23. The highest BCUT2D eigenvalue weighted by molar-refractivity contribution is 14.1. The normalized spacial score (nSPS) is 14.2. The quantitative estimate of drug-likeness (QED) is 0.569. The van der Waals surface area contributed by atoms with Crippen LogP contribution in [0, 0.1) is 9.49 Å². The van der Waals surface area contributed by atoms with E-state index < -0.39 is 0 Å². The number of rotatable bonds is 7. The summed E-state index contributed by atoms with van der Waals surface area (Å²) in [6.45, 7) is 2.25. The Hall–Kier alpha value is -0.820. The van der Waals surface area contributed by atoms with Crippen LogP contribution in [-0.4, -0.2) is 25.8 Å². The molecule has 0 spiro atoms. The summed E-state index contributed by atoms with van der Waals surface area (Å²) in [5.41, 5.74) is 0.808. The highest BCUT2D eigenvalue weighted by Gasteiger charge is 2.20. The van der Waals surface area contributed by atoms with Gasteiger partial charge in [-0.15, -0.1) is 0 Å². The molecule has 0 bridgehead atoms. The number of halogens is 1. The van der Waals surface area contributed by atoms with Gasteiger partial charge in [0, 0.05) is 29.0 Å². The first-order valence-corrected chi connectivity index (χ1v) is 7.70. The first-order valence-electron chi connectivity index (χ1n) is 6.62. The first kappa shape index (κ1) is 14.6. The molecule has 1 aliphatic carbocycles. The monoisotopic (exact) mass is 374 g/mol. The molecule has 0 unspecified atom stereocenters. The molecule has 0 heterocycles. The molecule has 5 heteroatoms. The van der Waals surface area contributed by atoms with E-state index in [1.54, 1.807) is 0 Å². The molecule has 1 aromatic rings. The number of carbonyl (C=O) groups is 1. The predicted molar refractivity (Wildman–Crippen MR) is 84.3 cm³/mol. The summed E-state index contributed by atoms with van der Waals surface area (Å²) in [6, 6.07) is 7.53. The lowest BCUT2D eigenvalue weighted by atomic mass is 10.3. The van der Waals surface area contributed by atoms with Gasteiger partial charge in [0.05, 0.1) is 0 Å². The molecule has 0 aliphatic heterocycles. The molecule has 2 rings (SSSR count). The molecule has 0 aromatic heterocycles. The number of anilines is 1. The number of ether oxygens (including phenoxy) is 1. The number of nitrogens with one attached hydrogen (secondary N) is 2. The Morgan fingerprint density at radius 1 is 1.32 bits per heavy atom. The maximum Gasteiger partial charge on any atom is 0.319 e. The molecular formula is C14H19IN2O2. The third-order valence-corrected chi connectivity index (χ3v) is 3.62. The second-order valence-corrected chi connectivity index (χ2v) is 6.01. The molecule has 1 saturated carbocycles. The van der Waals surface area contributed by atoms with Crippen LogP contribution in [-0.2, 0) is 4.74 Å². The Morgan fingerprint density at radius 3 is 2.74 bits per heavy atom. The maximum absolute atomic E-state index is 11.6. The van der Waals surface area contributed by atoms with Crippen LogP contribution in [0.2, 0.25) is 0 Å². The van der Waals surface area contributed by atoms with E-state index >= 15 is 0 Å². The molecular weight excluding hydrogens is 355 g/mol. The lowest BCUT2D eigenvalue weighted by Crippen LogP contribution is -2.30. The highest BCUT2D eigenvalue weighted by atomic mass is 127. The van der Waals surface area contributed by atoms with Gasteiger partial charge in [-0.3, -0.25) is 0 Å². The first-order chi connectivity index (χ1) is 9.24. The standard InChI is InChI=1S/C14H19IN2O2/c15-12-4-6-13(7-5-12)17-14(18)16-8-1-9-19-10-11-2-3-11/h4-7,11H,1-3,8-10H2,(H2,16,17,18). The van der Waals surface area contributed by atoms with Gasteiger partial charge in [0.15, 0.2) is 0 Å². The zero-order valence-electron chi connectivity index (χ0n) is 10.8. The van der Waals surface area contributed by atoms with Crippen LogP contribution >= 0.6 is 22.6 Å². The van der Waals surface area contributed by atoms with E-state index in [9.17, 15) is 4.79 Å². The molecule has 0 radical (unpaired) electrons. The minimum atomic E-state index is -0.164. The third-order valence-electron chi connectivity index (χ3n) is 2.90. The average molecular weight is 374 g/mol. The van der Waals surface area contributed by atoms with Crippen molar-refractivity contribution in [1.29, 1.82) is 0 Å². The van der Waals surface area contributed by atoms with E-state index in [2.05, 4.69) is 33.2 Å². The van der Waals surface area contributed by atoms with Gasteiger partial charge in [-0.2, -0.15) is 0 Å². The van der Waals surface area contributed by atoms with Crippen molar-refractivity contribution in [3.63, 3.8) is 0 Å². The Bertz CT molecular complexity index is 404. The summed E-state index contributed by atoms with van der Waals surface area (Å²) in [5.74, 6) is 0.803. The lowest BCUT2D eigenvalue weighted by molar-refractivity contribution is 0.122. The number of benzene rings is 1. The SMILES string of the molecule is O=C(NCCCOCC1CC1)Nc1ccc(I)cc1. The van der Waals surface area contributed by atoms with Crippen LogP contribution in [0.25, 0.3) is 0 Å². The van der Waals surface area contributed by atoms with E-state index in [-0.39, 0.29) is 6.03 Å². The molecule has 4 nitrogen and oxygen atoms in total. The van der Waals surface area contributed by atoms with E-state index in [1.165, 1.54) is 12.8 Å². The molecule has 1 aromatic carbocycles. The largest absolute Gasteiger partial charge is 0.381 e. The molecule has 2 N–H and O–H groups in total. The summed E-state index contributed by atoms with van der Waals surface area (Å²) in [5, 5.41) is 5.61. The van der Waals surface area contributed by atoms with Crippen molar-refractivity contribution in [1.82, 2.24) is 5.32 Å². The summed E-state index contributed by atoms with van der Waals surface area (Å²) >= 11 is 2.23. The fraction of sp³-hybridized carbons (Fsp3) is 0.500. The van der Waals surface area contributed by atoms with Crippen LogP contribution in [0.3, 0.4) is 0 Å². The van der Waals surface area contributed by atoms with E-state index in [1.807, 2.05) is 24.3 Å². The van der Waals surface area contributed by atoms with Crippen molar-refractivity contribution in [3.8, 4) is 0 Å². The van der Waals surface area contributed by atoms with E-state index in [4.69, 9.17) is 4.74 Å². The van der Waals surface area contributed by atoms with Gasteiger partial charge in [-0.1, -0.05) is 0 Å². The Labute approximate surface area is 127 Å². The smallest absolute Gasteiger partial charge is 0.319 e. The van der Waals surface area contributed by atoms with Crippen LogP contribution < -0.4 is 10.6 Å². The molecule has 1 aliphatic rings. The summed E-state index contributed by atoms with van der Waals surface area (Å²) in [6.07, 6.45) is 3.49. The molecule has 104 valence electrons. The summed E-state index contributed by atoms with van der Waals surface area (Å²) in [4.78, 5) is 11.6. The summed E-state index contributed by atoms with van der Waals surface area (Å²) < 4.78 is 6.65. The zero-order valence-corrected chi connectivity index (χ0v) is 13.0. The number of hydrogen-bond acceptors (Lipinski definition) is 2. The average Bonchev–Trinajstić information content (AvgIpc) is 3.20. The van der Waals surface area contributed by atoms with Crippen molar-refractivity contribution < 1.29 is 9.53 Å². The zero-order chi connectivity index (χ0) is 13.5. The van der Waals surface area contributed by atoms with E-state index in [0.717, 1.165) is 34.8 Å². The van der Waals surface area contributed by atoms with Gasteiger partial charge in [0.1, 0.15) is 0 Å². The van der Waals surface area contributed by atoms with Crippen molar-refractivity contribution in [2.75, 3.05) is 25.1 Å². The van der Waals surface area contributed by atoms with Crippen molar-refractivity contribution in [2.24, 2.45) is 5.92 Å². The van der Waals surface area contributed by atoms with Gasteiger partial charge >= 0.3 is 6.03 Å². The van der Waals surface area contributed by atoms with Crippen LogP contribution in [0.1, 0.15) is 19.3 Å². The van der Waals surface area contributed by atoms with Crippen LogP contribution in [0.5, 0.6) is 0 Å². The Kier molecular flexibility index (Phi) is 5.91. The van der Waals surface area contributed by atoms with Gasteiger partial charge in [-0.25, -0.2) is 4.79 Å². The number of carbonyl (C=O) groups excluding carboxylic acids is 1. The lowest BCUT2D eigenvalue weighted by Gasteiger charge is -2.08. The fourth-order valence-electron chi connectivity index (χ4n) is 1.62. The number of urea groups is 1. The minimum absolute atomic E-state index is 0.164. The molecule has 2 amide bonds. The Morgan fingerprint density at radius 2 is 2.05 bits per heavy atom. The maximum atomic E-state index is 11.6. The molecule has 19 heavy (non-hydrogen) atoms. The number of hydrogen-bond donors (Lipinski definition) is 2. The van der Waals surface area contributed by atoms with Gasteiger partial charge in [0.2, 0.25) is 0 Å². The van der Waals surface area contributed by atoms with Crippen LogP contribution in [0.15, 0.2) is 24.3 Å². The Balaban J connectivity index is 1.52. The molecule has 0 saturated heterocycles. The topological polar surface area (TPSA) is 50.4 Å². The van der Waals surface area contributed by atoms with Crippen molar-refractivity contribution in [2.45, 2.75) is 19.3 Å². The van der Waals surface area contributed by atoms with Gasteiger partial charge in [-0.05, 0) is 72.0 Å². The van der Waals surface area contributed by atoms with Gasteiger partial charge < -0.3 is 15.4 Å². The van der Waals surface area contributed by atoms with E-state index in [0.29, 0.717) is 6.54 Å². The van der Waals surface area contributed by atoms with Gasteiger partial charge in [0.25, 0.3) is 0 Å². The van der Waals surface area contributed by atoms with Crippen LogP contribution in [0.4, 0.5) is 10.5 Å². The second-order valence-electron chi connectivity index (χ2n) is 4.76.